The molecule has 2 aromatic carbocycles. The van der Waals surface area contributed by atoms with Crippen molar-refractivity contribution in [3.05, 3.63) is 100 Å². The van der Waals surface area contributed by atoms with E-state index >= 15 is 0 Å². The molecule has 0 N–H and O–H groups in total. The summed E-state index contributed by atoms with van der Waals surface area (Å²) in [4.78, 5) is 2.42. The minimum absolute atomic E-state index is 0.00967. The molecule has 0 amide bonds. The van der Waals surface area contributed by atoms with Crippen molar-refractivity contribution >= 4 is 11.8 Å². The van der Waals surface area contributed by atoms with Gasteiger partial charge in [-0.25, -0.2) is 0 Å². The van der Waals surface area contributed by atoms with Crippen LogP contribution in [0.15, 0.2) is 89.2 Å². The standard InChI is InChI=1S/C34H36N4O2/c1-5-7-20-38(21-8-6-2)29-19-18-26(32(22-29)39-4)14-12-13-17-31-30(25-37)33(27(23-35)24-36)40-34(31,3)28-15-10-9-11-16-28/h9-19,22H,5-8,20-21H2,1-4H3/b14-12+,17-13+. The van der Waals surface area contributed by atoms with Crippen molar-refractivity contribution in [1.29, 1.82) is 15.8 Å². The van der Waals surface area contributed by atoms with Crippen LogP contribution in [-0.4, -0.2) is 20.2 Å². The molecule has 0 fully saturated rings. The van der Waals surface area contributed by atoms with E-state index in [-0.39, 0.29) is 16.9 Å². The van der Waals surface area contributed by atoms with E-state index < -0.39 is 5.60 Å². The molecule has 0 saturated heterocycles. The van der Waals surface area contributed by atoms with E-state index in [9.17, 15) is 15.8 Å². The molecule has 0 bridgehead atoms. The Morgan fingerprint density at radius 1 is 0.950 bits per heavy atom. The van der Waals surface area contributed by atoms with Crippen molar-refractivity contribution in [2.75, 3.05) is 25.1 Å². The first-order valence-corrected chi connectivity index (χ1v) is 13.7. The molecule has 1 aliphatic rings. The van der Waals surface area contributed by atoms with Gasteiger partial charge in [0.05, 0.1) is 7.11 Å². The monoisotopic (exact) mass is 532 g/mol. The Labute approximate surface area is 238 Å². The van der Waals surface area contributed by atoms with Gasteiger partial charge >= 0.3 is 0 Å². The predicted octanol–water partition coefficient (Wildman–Crippen LogP) is 7.74. The van der Waals surface area contributed by atoms with Crippen molar-refractivity contribution in [3.8, 4) is 24.0 Å². The van der Waals surface area contributed by atoms with Crippen molar-refractivity contribution in [3.63, 3.8) is 0 Å². The van der Waals surface area contributed by atoms with Crippen LogP contribution in [0.25, 0.3) is 6.08 Å². The highest BCUT2D eigenvalue weighted by Crippen LogP contribution is 2.46. The molecule has 0 spiro atoms. The summed E-state index contributed by atoms with van der Waals surface area (Å²) in [6.45, 7) is 8.29. The number of benzene rings is 2. The zero-order chi connectivity index (χ0) is 29.0. The summed E-state index contributed by atoms with van der Waals surface area (Å²) in [6.07, 6.45) is 12.1. The van der Waals surface area contributed by atoms with Gasteiger partial charge in [0.25, 0.3) is 0 Å². The van der Waals surface area contributed by atoms with E-state index in [0.717, 1.165) is 61.3 Å². The molecule has 1 unspecified atom stereocenters. The first kappa shape index (κ1) is 29.8. The fraction of sp³-hybridized carbons (Fsp3) is 0.324. The first-order chi connectivity index (χ1) is 19.5. The van der Waals surface area contributed by atoms with Gasteiger partial charge in [-0.2, -0.15) is 15.8 Å². The van der Waals surface area contributed by atoms with E-state index in [2.05, 4.69) is 43.0 Å². The summed E-state index contributed by atoms with van der Waals surface area (Å²) < 4.78 is 11.9. The normalized spacial score (nSPS) is 16.5. The molecular formula is C34H36N4O2. The zero-order valence-electron chi connectivity index (χ0n) is 23.8. The van der Waals surface area contributed by atoms with E-state index in [1.54, 1.807) is 13.2 Å². The second-order valence-electron chi connectivity index (χ2n) is 9.67. The fourth-order valence-corrected chi connectivity index (χ4v) is 4.71. The van der Waals surface area contributed by atoms with Crippen LogP contribution in [0.3, 0.4) is 0 Å². The minimum Gasteiger partial charge on any atom is -0.496 e. The van der Waals surface area contributed by atoms with Crippen LogP contribution in [0.4, 0.5) is 5.69 Å². The molecule has 1 heterocycles. The molecule has 204 valence electrons. The van der Waals surface area contributed by atoms with Gasteiger partial charge in [-0.3, -0.25) is 0 Å². The smallest absolute Gasteiger partial charge is 0.172 e. The highest BCUT2D eigenvalue weighted by molar-refractivity contribution is 5.66. The van der Waals surface area contributed by atoms with Gasteiger partial charge in [-0.05, 0) is 37.5 Å². The Kier molecular flexibility index (Phi) is 10.8. The van der Waals surface area contributed by atoms with Gasteiger partial charge < -0.3 is 14.4 Å². The van der Waals surface area contributed by atoms with Gasteiger partial charge in [0.2, 0.25) is 0 Å². The highest BCUT2D eigenvalue weighted by atomic mass is 16.5. The van der Waals surface area contributed by atoms with E-state index in [1.807, 2.05) is 67.6 Å². The lowest BCUT2D eigenvalue weighted by Gasteiger charge is -2.27. The molecule has 0 radical (unpaired) electrons. The van der Waals surface area contributed by atoms with E-state index in [1.165, 1.54) is 0 Å². The number of anilines is 1. The molecule has 6 nitrogen and oxygen atoms in total. The van der Waals surface area contributed by atoms with Crippen LogP contribution in [0.1, 0.15) is 57.6 Å². The average molecular weight is 533 g/mol. The second-order valence-corrected chi connectivity index (χ2v) is 9.67. The lowest BCUT2D eigenvalue weighted by Crippen LogP contribution is -2.25. The first-order valence-electron chi connectivity index (χ1n) is 13.7. The maximum absolute atomic E-state index is 9.99. The lowest BCUT2D eigenvalue weighted by molar-refractivity contribution is 0.0755. The Balaban J connectivity index is 1.96. The third-order valence-electron chi connectivity index (χ3n) is 7.00. The summed E-state index contributed by atoms with van der Waals surface area (Å²) >= 11 is 0. The van der Waals surface area contributed by atoms with Crippen LogP contribution in [0.5, 0.6) is 5.75 Å². The SMILES string of the molecule is CCCCN(CCCC)c1ccc(/C=C/C=C/C2=C(C#N)C(=C(C#N)C#N)OC2(C)c2ccccc2)c(OC)c1. The number of rotatable bonds is 12. The number of allylic oxidation sites excluding steroid dienone is 4. The number of unbranched alkanes of at least 4 members (excludes halogenated alkanes) is 2. The van der Waals surface area contributed by atoms with Gasteiger partial charge in [0.1, 0.15) is 29.5 Å². The van der Waals surface area contributed by atoms with Crippen LogP contribution in [0.2, 0.25) is 0 Å². The van der Waals surface area contributed by atoms with Crippen molar-refractivity contribution in [2.24, 2.45) is 0 Å². The fourth-order valence-electron chi connectivity index (χ4n) is 4.71. The van der Waals surface area contributed by atoms with Crippen molar-refractivity contribution < 1.29 is 9.47 Å². The van der Waals surface area contributed by atoms with Gasteiger partial charge in [-0.1, -0.05) is 81.3 Å². The highest BCUT2D eigenvalue weighted by Gasteiger charge is 2.43. The second kappa shape index (κ2) is 14.4. The summed E-state index contributed by atoms with van der Waals surface area (Å²) in [6, 6.07) is 21.6. The predicted molar refractivity (Wildman–Crippen MR) is 159 cm³/mol. The van der Waals surface area contributed by atoms with Gasteiger partial charge in [0.15, 0.2) is 16.9 Å². The third-order valence-corrected chi connectivity index (χ3v) is 7.00. The third kappa shape index (κ3) is 6.63. The van der Waals surface area contributed by atoms with Crippen molar-refractivity contribution in [1.82, 2.24) is 0 Å². The molecule has 2 aromatic rings. The Morgan fingerprint density at radius 2 is 1.60 bits per heavy atom. The number of ether oxygens (including phenoxy) is 2. The summed E-state index contributed by atoms with van der Waals surface area (Å²) in [5.41, 5.74) is 2.39. The van der Waals surface area contributed by atoms with Crippen molar-refractivity contribution in [2.45, 2.75) is 52.1 Å². The Bertz CT molecular complexity index is 1410. The maximum atomic E-state index is 9.99. The van der Waals surface area contributed by atoms with E-state index in [4.69, 9.17) is 9.47 Å². The summed E-state index contributed by atoms with van der Waals surface area (Å²) in [7, 11) is 1.68. The minimum atomic E-state index is -1.04. The number of hydrogen-bond donors (Lipinski definition) is 0. The molecule has 1 aliphatic heterocycles. The molecule has 0 aromatic heterocycles. The molecule has 3 rings (SSSR count). The Morgan fingerprint density at radius 3 is 2.17 bits per heavy atom. The van der Waals surface area contributed by atoms with Crippen LogP contribution >= 0.6 is 0 Å². The topological polar surface area (TPSA) is 93.1 Å². The Hall–Kier alpha value is -4.73. The number of methoxy groups -OCH3 is 1. The summed E-state index contributed by atoms with van der Waals surface area (Å²) in [5, 5.41) is 28.9. The van der Waals surface area contributed by atoms with Crippen LogP contribution in [0, 0.1) is 34.0 Å². The number of nitrogens with zero attached hydrogens (tertiary/aromatic N) is 4. The number of nitriles is 3. The molecule has 1 atom stereocenters. The van der Waals surface area contributed by atoms with E-state index in [0.29, 0.717) is 5.57 Å². The maximum Gasteiger partial charge on any atom is 0.172 e. The van der Waals surface area contributed by atoms with Crippen LogP contribution in [-0.2, 0) is 10.3 Å². The quantitative estimate of drug-likeness (QED) is 0.205. The van der Waals surface area contributed by atoms with Gasteiger partial charge in [0, 0.05) is 36.0 Å². The molecule has 40 heavy (non-hydrogen) atoms. The average Bonchev–Trinajstić information content (AvgIpc) is 3.28. The molecule has 0 saturated carbocycles. The van der Waals surface area contributed by atoms with Gasteiger partial charge in [-0.15, -0.1) is 0 Å². The lowest BCUT2D eigenvalue weighted by atomic mass is 9.86. The largest absolute Gasteiger partial charge is 0.496 e. The zero-order valence-corrected chi connectivity index (χ0v) is 23.8. The molecule has 0 aliphatic carbocycles. The summed E-state index contributed by atoms with van der Waals surface area (Å²) in [5.74, 6) is 0.795. The molecular weight excluding hydrogens is 496 g/mol. The number of hydrogen-bond acceptors (Lipinski definition) is 6. The van der Waals surface area contributed by atoms with Crippen LogP contribution < -0.4 is 9.64 Å². The molecule has 6 heteroatoms.